The predicted octanol–water partition coefficient (Wildman–Crippen LogP) is 1.87. The summed E-state index contributed by atoms with van der Waals surface area (Å²) >= 11 is 0. The molecular weight excluding hydrogens is 342 g/mol. The third-order valence-corrected chi connectivity index (χ3v) is 5.18. The van der Waals surface area contributed by atoms with Crippen LogP contribution in [-0.4, -0.2) is 62.8 Å². The summed E-state index contributed by atoms with van der Waals surface area (Å²) in [7, 11) is 1.76. The van der Waals surface area contributed by atoms with Crippen LogP contribution < -0.4 is 0 Å². The van der Waals surface area contributed by atoms with Crippen molar-refractivity contribution < 1.29 is 9.59 Å². The van der Waals surface area contributed by atoms with Crippen LogP contribution in [0, 0.1) is 6.92 Å². The minimum absolute atomic E-state index is 0.00887. The third kappa shape index (κ3) is 3.05. The third-order valence-electron chi connectivity index (χ3n) is 5.18. The topological polar surface area (TPSA) is 71.3 Å². The van der Waals surface area contributed by atoms with Crippen molar-refractivity contribution in [2.45, 2.75) is 6.92 Å². The molecule has 0 radical (unpaired) electrons. The van der Waals surface area contributed by atoms with E-state index in [0.717, 1.165) is 16.5 Å². The van der Waals surface area contributed by atoms with Gasteiger partial charge in [0.05, 0.1) is 5.69 Å². The molecule has 0 aliphatic carbocycles. The molecule has 1 aromatic heterocycles. The molecule has 2 amide bonds. The van der Waals surface area contributed by atoms with Crippen molar-refractivity contribution in [2.75, 3.05) is 26.2 Å². The van der Waals surface area contributed by atoms with Crippen molar-refractivity contribution in [3.8, 4) is 0 Å². The predicted molar refractivity (Wildman–Crippen MR) is 101 cm³/mol. The first kappa shape index (κ1) is 17.2. The fourth-order valence-corrected chi connectivity index (χ4v) is 3.45. The molecule has 2 heterocycles. The van der Waals surface area contributed by atoms with Crippen LogP contribution in [0.2, 0.25) is 0 Å². The second kappa shape index (κ2) is 6.83. The lowest BCUT2D eigenvalue weighted by molar-refractivity contribution is 0.0533. The fourth-order valence-electron chi connectivity index (χ4n) is 3.45. The van der Waals surface area contributed by atoms with Crippen LogP contribution in [0.5, 0.6) is 0 Å². The molecule has 7 heteroatoms. The molecule has 0 atom stereocenters. The van der Waals surface area contributed by atoms with Crippen LogP contribution in [-0.2, 0) is 7.05 Å². The molecule has 0 bridgehead atoms. The lowest BCUT2D eigenvalue weighted by Crippen LogP contribution is -2.50. The molecule has 0 saturated carbocycles. The van der Waals surface area contributed by atoms with Crippen LogP contribution in [0.15, 0.2) is 42.5 Å². The molecule has 0 spiro atoms. The van der Waals surface area contributed by atoms with Gasteiger partial charge in [0, 0.05) is 38.8 Å². The molecule has 7 nitrogen and oxygen atoms in total. The van der Waals surface area contributed by atoms with Crippen molar-refractivity contribution in [3.63, 3.8) is 0 Å². The van der Waals surface area contributed by atoms with E-state index in [1.54, 1.807) is 16.6 Å². The summed E-state index contributed by atoms with van der Waals surface area (Å²) in [5, 5.41) is 9.87. The first-order chi connectivity index (χ1) is 13.1. The number of aryl methyl sites for hydroxylation is 1. The molecule has 27 heavy (non-hydrogen) atoms. The summed E-state index contributed by atoms with van der Waals surface area (Å²) in [6, 6.07) is 13.7. The molecule has 1 fully saturated rings. The van der Waals surface area contributed by atoms with Gasteiger partial charge in [0.2, 0.25) is 0 Å². The number of carbonyl (C=O) groups excluding carboxylic acids is 2. The normalized spacial score (nSPS) is 14.6. The molecular formula is C20H21N5O2. The van der Waals surface area contributed by atoms with Crippen LogP contribution in [0.4, 0.5) is 0 Å². The number of rotatable bonds is 2. The van der Waals surface area contributed by atoms with Crippen molar-refractivity contribution >= 4 is 22.6 Å². The SMILES string of the molecule is Cc1c(C(=O)N2CCN(C(=O)c3cccc4ccccc34)CC2)nnn1C. The lowest BCUT2D eigenvalue weighted by Gasteiger charge is -2.34. The van der Waals surface area contributed by atoms with E-state index in [-0.39, 0.29) is 11.8 Å². The standard InChI is InChI=1S/C20H21N5O2/c1-14-18(21-22-23(14)2)20(27)25-12-10-24(11-13-25)19(26)17-9-5-7-15-6-3-4-8-16(15)17/h3-9H,10-13H2,1-2H3. The summed E-state index contributed by atoms with van der Waals surface area (Å²) in [6.07, 6.45) is 0. The Bertz CT molecular complexity index is 1010. The van der Waals surface area contributed by atoms with Crippen molar-refractivity contribution in [1.29, 1.82) is 0 Å². The van der Waals surface area contributed by atoms with Crippen LogP contribution in [0.25, 0.3) is 10.8 Å². The second-order valence-corrected chi connectivity index (χ2v) is 6.76. The Morgan fingerprint density at radius 1 is 0.889 bits per heavy atom. The molecule has 1 aliphatic heterocycles. The van der Waals surface area contributed by atoms with E-state index in [1.807, 2.05) is 54.3 Å². The molecule has 1 saturated heterocycles. The van der Waals surface area contributed by atoms with E-state index < -0.39 is 0 Å². The zero-order valence-corrected chi connectivity index (χ0v) is 15.4. The van der Waals surface area contributed by atoms with Gasteiger partial charge in [-0.1, -0.05) is 41.6 Å². The smallest absolute Gasteiger partial charge is 0.276 e. The van der Waals surface area contributed by atoms with Crippen LogP contribution in [0.1, 0.15) is 26.5 Å². The number of hydrogen-bond donors (Lipinski definition) is 0. The number of carbonyl (C=O) groups is 2. The van der Waals surface area contributed by atoms with Crippen molar-refractivity contribution in [2.24, 2.45) is 7.05 Å². The fraction of sp³-hybridized carbons (Fsp3) is 0.300. The maximum atomic E-state index is 13.0. The van der Waals surface area contributed by atoms with Gasteiger partial charge in [-0.2, -0.15) is 0 Å². The Hall–Kier alpha value is -3.22. The summed E-state index contributed by atoms with van der Waals surface area (Å²) in [6.45, 7) is 3.82. The highest BCUT2D eigenvalue weighted by Gasteiger charge is 2.28. The lowest BCUT2D eigenvalue weighted by atomic mass is 10.0. The summed E-state index contributed by atoms with van der Waals surface area (Å²) < 4.78 is 1.59. The Balaban J connectivity index is 1.48. The van der Waals surface area contributed by atoms with Gasteiger partial charge >= 0.3 is 0 Å². The Morgan fingerprint density at radius 2 is 1.52 bits per heavy atom. The minimum Gasteiger partial charge on any atom is -0.335 e. The van der Waals surface area contributed by atoms with E-state index in [0.29, 0.717) is 37.4 Å². The maximum Gasteiger partial charge on any atom is 0.276 e. The number of nitrogens with zero attached hydrogens (tertiary/aromatic N) is 5. The first-order valence-electron chi connectivity index (χ1n) is 8.99. The van der Waals surface area contributed by atoms with Crippen LogP contribution in [0.3, 0.4) is 0 Å². The van der Waals surface area contributed by atoms with Gasteiger partial charge < -0.3 is 9.80 Å². The quantitative estimate of drug-likeness (QED) is 0.697. The van der Waals surface area contributed by atoms with E-state index in [1.165, 1.54) is 0 Å². The molecule has 138 valence electrons. The highest BCUT2D eigenvalue weighted by atomic mass is 16.2. The number of aromatic nitrogens is 3. The average molecular weight is 363 g/mol. The van der Waals surface area contributed by atoms with Gasteiger partial charge in [0.15, 0.2) is 5.69 Å². The number of piperazine rings is 1. The minimum atomic E-state index is -0.127. The number of hydrogen-bond acceptors (Lipinski definition) is 4. The average Bonchev–Trinajstić information content (AvgIpc) is 3.05. The second-order valence-electron chi connectivity index (χ2n) is 6.76. The summed E-state index contributed by atoms with van der Waals surface area (Å²) in [4.78, 5) is 29.2. The van der Waals surface area contributed by atoms with Crippen molar-refractivity contribution in [1.82, 2.24) is 24.8 Å². The van der Waals surface area contributed by atoms with Gasteiger partial charge in [-0.25, -0.2) is 0 Å². The Kier molecular flexibility index (Phi) is 4.35. The highest BCUT2D eigenvalue weighted by molar-refractivity contribution is 6.07. The van der Waals surface area contributed by atoms with E-state index in [9.17, 15) is 9.59 Å². The largest absolute Gasteiger partial charge is 0.335 e. The van der Waals surface area contributed by atoms with Crippen molar-refractivity contribution in [3.05, 3.63) is 59.4 Å². The number of benzene rings is 2. The first-order valence-corrected chi connectivity index (χ1v) is 8.99. The summed E-state index contributed by atoms with van der Waals surface area (Å²) in [5.41, 5.74) is 1.83. The van der Waals surface area contributed by atoms with Gasteiger partial charge in [-0.3, -0.25) is 14.3 Å². The summed E-state index contributed by atoms with van der Waals surface area (Å²) in [5.74, 6) is -0.118. The molecule has 0 unspecified atom stereocenters. The Morgan fingerprint density at radius 3 is 2.19 bits per heavy atom. The van der Waals surface area contributed by atoms with E-state index >= 15 is 0 Å². The van der Waals surface area contributed by atoms with Crippen LogP contribution >= 0.6 is 0 Å². The molecule has 4 rings (SSSR count). The molecule has 1 aliphatic rings. The van der Waals surface area contributed by atoms with Gasteiger partial charge in [0.25, 0.3) is 11.8 Å². The molecule has 0 N–H and O–H groups in total. The molecule has 2 aromatic carbocycles. The zero-order valence-electron chi connectivity index (χ0n) is 15.4. The van der Waals surface area contributed by atoms with Gasteiger partial charge in [-0.05, 0) is 23.8 Å². The Labute approximate surface area is 157 Å². The monoisotopic (exact) mass is 363 g/mol. The number of fused-ring (bicyclic) bond motifs is 1. The van der Waals surface area contributed by atoms with Gasteiger partial charge in [-0.15, -0.1) is 5.10 Å². The van der Waals surface area contributed by atoms with Gasteiger partial charge in [0.1, 0.15) is 0 Å². The van der Waals surface area contributed by atoms with E-state index in [4.69, 9.17) is 0 Å². The highest BCUT2D eigenvalue weighted by Crippen LogP contribution is 2.21. The molecule has 3 aromatic rings. The zero-order chi connectivity index (χ0) is 19.0. The number of amides is 2. The van der Waals surface area contributed by atoms with E-state index in [2.05, 4.69) is 10.3 Å². The maximum absolute atomic E-state index is 13.0.